The van der Waals surface area contributed by atoms with Crippen molar-refractivity contribution >= 4 is 28.9 Å². The fourth-order valence-electron chi connectivity index (χ4n) is 1.27. The summed E-state index contributed by atoms with van der Waals surface area (Å²) in [6.07, 6.45) is 0. The Morgan fingerprint density at radius 2 is 2.45 bits per heavy atom. The van der Waals surface area contributed by atoms with E-state index in [1.165, 1.54) is 16.6 Å². The van der Waals surface area contributed by atoms with E-state index in [2.05, 4.69) is 34.1 Å². The largest absolute Gasteiger partial charge is 0.430 e. The minimum atomic E-state index is 0.732. The monoisotopic (exact) mass is 209 g/mol. The lowest BCUT2D eigenvalue weighted by Crippen LogP contribution is -2.16. The van der Waals surface area contributed by atoms with Crippen LogP contribution in [0, 0.1) is 0 Å². The number of fused-ring (bicyclic) bond motifs is 1. The van der Waals surface area contributed by atoms with Gasteiger partial charge in [0.2, 0.25) is 0 Å². The van der Waals surface area contributed by atoms with E-state index in [4.69, 9.17) is 4.65 Å². The maximum Gasteiger partial charge on any atom is 0.331 e. The van der Waals surface area contributed by atoms with Crippen LogP contribution in [0.1, 0.15) is 11.1 Å². The van der Waals surface area contributed by atoms with Crippen LogP contribution in [0.2, 0.25) is 0 Å². The maximum atomic E-state index is 5.21. The third kappa shape index (κ3) is 1.23. The molecular weight excluding hydrogens is 203 g/mol. The summed E-state index contributed by atoms with van der Waals surface area (Å²) in [5.74, 6) is 0. The molecule has 55 valence electrons. The molecule has 11 heavy (non-hydrogen) atoms. The van der Waals surface area contributed by atoms with Crippen LogP contribution in [0.5, 0.6) is 0 Å². The Balaban J connectivity index is 2.50. The van der Waals surface area contributed by atoms with E-state index in [0.717, 1.165) is 11.9 Å². The molecule has 0 fully saturated rings. The van der Waals surface area contributed by atoms with Crippen molar-refractivity contribution in [2.75, 3.05) is 0 Å². The van der Waals surface area contributed by atoms with Crippen molar-refractivity contribution in [3.8, 4) is 0 Å². The lowest BCUT2D eigenvalue weighted by Gasteiger charge is -2.01. The van der Waals surface area contributed by atoms with Crippen LogP contribution < -0.4 is 5.46 Å². The van der Waals surface area contributed by atoms with Crippen LogP contribution in [0.15, 0.2) is 18.2 Å². The predicted molar refractivity (Wildman–Crippen MR) is 49.3 cm³/mol. The predicted octanol–water partition coefficient (Wildman–Crippen LogP) is 1.36. The van der Waals surface area contributed by atoms with Crippen molar-refractivity contribution in [2.45, 2.75) is 11.9 Å². The number of benzene rings is 1. The van der Waals surface area contributed by atoms with E-state index in [0.29, 0.717) is 0 Å². The molecule has 1 nitrogen and oxygen atoms in total. The number of alkyl halides is 1. The smallest absolute Gasteiger partial charge is 0.331 e. The summed E-state index contributed by atoms with van der Waals surface area (Å²) in [5.41, 5.74) is 3.85. The molecule has 3 heteroatoms. The number of hydrogen-bond acceptors (Lipinski definition) is 1. The van der Waals surface area contributed by atoms with Gasteiger partial charge in [-0.2, -0.15) is 0 Å². The summed E-state index contributed by atoms with van der Waals surface area (Å²) in [4.78, 5) is 0. The summed E-state index contributed by atoms with van der Waals surface area (Å²) in [7, 11) is 1.84. The normalized spacial score (nSPS) is 14.3. The van der Waals surface area contributed by atoms with Gasteiger partial charge in [-0.15, -0.1) is 0 Å². The Labute approximate surface area is 75.2 Å². The first-order valence-electron chi connectivity index (χ1n) is 3.53. The zero-order chi connectivity index (χ0) is 7.68. The molecule has 0 saturated heterocycles. The van der Waals surface area contributed by atoms with Crippen LogP contribution in [0.25, 0.3) is 0 Å². The van der Waals surface area contributed by atoms with Gasteiger partial charge in [-0.3, -0.25) is 0 Å². The molecule has 1 heterocycles. The van der Waals surface area contributed by atoms with E-state index >= 15 is 0 Å². The highest BCUT2D eigenvalue weighted by atomic mass is 79.9. The highest BCUT2D eigenvalue weighted by Crippen LogP contribution is 2.11. The van der Waals surface area contributed by atoms with E-state index < -0.39 is 0 Å². The van der Waals surface area contributed by atoms with E-state index in [-0.39, 0.29) is 0 Å². The Morgan fingerprint density at radius 1 is 1.55 bits per heavy atom. The molecule has 0 spiro atoms. The third-order valence-electron chi connectivity index (χ3n) is 1.87. The lowest BCUT2D eigenvalue weighted by atomic mass is 9.84. The van der Waals surface area contributed by atoms with Gasteiger partial charge in [0, 0.05) is 5.33 Å². The van der Waals surface area contributed by atoms with Crippen LogP contribution >= 0.6 is 15.9 Å². The molecule has 0 bridgehead atoms. The number of rotatable bonds is 1. The van der Waals surface area contributed by atoms with Gasteiger partial charge >= 0.3 is 7.48 Å². The summed E-state index contributed by atoms with van der Waals surface area (Å²) in [5, 5.41) is 0.899. The quantitative estimate of drug-likeness (QED) is 0.502. The van der Waals surface area contributed by atoms with Crippen molar-refractivity contribution < 1.29 is 4.65 Å². The molecule has 0 atom stereocenters. The minimum Gasteiger partial charge on any atom is -0.430 e. The number of hydrogen-bond donors (Lipinski definition) is 0. The summed E-state index contributed by atoms with van der Waals surface area (Å²) >= 11 is 3.44. The zero-order valence-corrected chi connectivity index (χ0v) is 7.60. The molecule has 0 aromatic heterocycles. The standard InChI is InChI=1S/C8H7BBrO/c10-4-6-2-1-3-7-5-11-9-8(6)7/h1-3H,4-5H2. The van der Waals surface area contributed by atoms with Crippen LogP contribution in [-0.4, -0.2) is 7.48 Å². The van der Waals surface area contributed by atoms with Crippen molar-refractivity contribution in [1.29, 1.82) is 0 Å². The molecule has 0 unspecified atom stereocenters. The minimum absolute atomic E-state index is 0.732. The molecule has 1 aliphatic rings. The van der Waals surface area contributed by atoms with Crippen LogP contribution in [-0.2, 0) is 16.6 Å². The van der Waals surface area contributed by atoms with Gasteiger partial charge in [-0.25, -0.2) is 0 Å². The van der Waals surface area contributed by atoms with Gasteiger partial charge in [0.15, 0.2) is 0 Å². The summed E-state index contributed by atoms with van der Waals surface area (Å²) < 4.78 is 5.21. The summed E-state index contributed by atoms with van der Waals surface area (Å²) in [6.45, 7) is 0.732. The highest BCUT2D eigenvalue weighted by molar-refractivity contribution is 9.08. The fraction of sp³-hybridized carbons (Fsp3) is 0.250. The van der Waals surface area contributed by atoms with Gasteiger partial charge in [0.25, 0.3) is 0 Å². The number of halogens is 1. The van der Waals surface area contributed by atoms with E-state index in [1.54, 1.807) is 0 Å². The van der Waals surface area contributed by atoms with E-state index in [9.17, 15) is 0 Å². The molecule has 0 amide bonds. The Bertz CT molecular complexity index is 275. The van der Waals surface area contributed by atoms with Crippen molar-refractivity contribution in [3.05, 3.63) is 29.3 Å². The van der Waals surface area contributed by atoms with Gasteiger partial charge in [-0.05, 0) is 16.6 Å². The topological polar surface area (TPSA) is 9.23 Å². The van der Waals surface area contributed by atoms with Crippen LogP contribution in [0.4, 0.5) is 0 Å². The SMILES string of the molecule is BrCc1cccc2c1[B]OC2. The fourth-order valence-corrected chi connectivity index (χ4v) is 1.76. The third-order valence-corrected chi connectivity index (χ3v) is 2.47. The molecule has 2 rings (SSSR count). The Morgan fingerprint density at radius 3 is 3.27 bits per heavy atom. The zero-order valence-electron chi connectivity index (χ0n) is 6.01. The second kappa shape index (κ2) is 2.99. The summed E-state index contributed by atoms with van der Waals surface area (Å²) in [6, 6.07) is 6.28. The van der Waals surface area contributed by atoms with Crippen molar-refractivity contribution in [3.63, 3.8) is 0 Å². The first-order valence-corrected chi connectivity index (χ1v) is 4.65. The van der Waals surface area contributed by atoms with Gasteiger partial charge in [0.05, 0.1) is 6.61 Å². The first-order chi connectivity index (χ1) is 5.42. The average Bonchev–Trinajstić information content (AvgIpc) is 2.50. The van der Waals surface area contributed by atoms with Gasteiger partial charge < -0.3 is 4.65 Å². The maximum absolute atomic E-state index is 5.21. The second-order valence-electron chi connectivity index (χ2n) is 2.55. The molecule has 0 saturated carbocycles. The second-order valence-corrected chi connectivity index (χ2v) is 3.11. The molecule has 0 aliphatic carbocycles. The molecule has 1 aromatic carbocycles. The molecule has 1 aromatic rings. The molecule has 1 aliphatic heterocycles. The Hall–Kier alpha value is -0.275. The lowest BCUT2D eigenvalue weighted by molar-refractivity contribution is 0.345. The molecular formula is C8H7BBrO. The van der Waals surface area contributed by atoms with Crippen molar-refractivity contribution in [1.82, 2.24) is 0 Å². The van der Waals surface area contributed by atoms with Gasteiger partial charge in [-0.1, -0.05) is 34.1 Å². The molecule has 0 N–H and O–H groups in total. The molecule has 1 radical (unpaired) electrons. The van der Waals surface area contributed by atoms with Crippen LogP contribution in [0.3, 0.4) is 0 Å². The van der Waals surface area contributed by atoms with Gasteiger partial charge in [0.1, 0.15) is 0 Å². The Kier molecular flexibility index (Phi) is 2.01. The van der Waals surface area contributed by atoms with E-state index in [1.807, 2.05) is 7.48 Å². The first kappa shape index (κ1) is 7.38. The average molecular weight is 210 g/mol. The van der Waals surface area contributed by atoms with Crippen molar-refractivity contribution in [2.24, 2.45) is 0 Å². The highest BCUT2D eigenvalue weighted by Gasteiger charge is 2.15.